The summed E-state index contributed by atoms with van der Waals surface area (Å²) in [4.78, 5) is 24.8. The molecule has 1 amide bonds. The maximum Gasteiger partial charge on any atom is 0.407 e. The van der Waals surface area contributed by atoms with Crippen molar-refractivity contribution < 1.29 is 19.4 Å². The van der Waals surface area contributed by atoms with Crippen LogP contribution in [0, 0.1) is 0 Å². The first-order chi connectivity index (χ1) is 11.0. The van der Waals surface area contributed by atoms with Gasteiger partial charge in [-0.3, -0.25) is 4.79 Å². The monoisotopic (exact) mass is 330 g/mol. The van der Waals surface area contributed by atoms with E-state index in [1.54, 1.807) is 0 Å². The molecule has 6 heteroatoms. The second-order valence-corrected chi connectivity index (χ2v) is 5.76. The van der Waals surface area contributed by atoms with Crippen molar-refractivity contribution in [3.05, 3.63) is 0 Å². The molecule has 0 aliphatic carbocycles. The highest BCUT2D eigenvalue weighted by Gasteiger charge is 2.15. The van der Waals surface area contributed by atoms with Crippen LogP contribution >= 0.6 is 0 Å². The number of ether oxygens (including phenoxy) is 1. The van der Waals surface area contributed by atoms with Crippen LogP contribution in [0.5, 0.6) is 0 Å². The van der Waals surface area contributed by atoms with Crippen LogP contribution in [0.15, 0.2) is 0 Å². The zero-order valence-electron chi connectivity index (χ0n) is 15.0. The Morgan fingerprint density at radius 1 is 1.09 bits per heavy atom. The summed E-state index contributed by atoms with van der Waals surface area (Å²) < 4.78 is 5.40. The molecule has 0 rings (SSSR count). The van der Waals surface area contributed by atoms with Crippen molar-refractivity contribution in [3.63, 3.8) is 0 Å². The van der Waals surface area contributed by atoms with E-state index in [-0.39, 0.29) is 12.5 Å². The Labute approximate surface area is 140 Å². The number of nitrogens with one attached hydrogen (secondary N) is 1. The second-order valence-electron chi connectivity index (χ2n) is 5.76. The van der Waals surface area contributed by atoms with Gasteiger partial charge < -0.3 is 20.1 Å². The van der Waals surface area contributed by atoms with E-state index in [0.29, 0.717) is 13.0 Å². The van der Waals surface area contributed by atoms with Gasteiger partial charge in [-0.05, 0) is 32.4 Å². The third-order valence-corrected chi connectivity index (χ3v) is 3.93. The third kappa shape index (κ3) is 12.9. The standard InChI is InChI=1S/C17H34N2O4/c1-4-7-8-9-10-15(11-12-16(20)21)23-17(22)18-13-14-19(5-2)6-3/h15H,4-14H2,1-3H3,(H,18,22)(H,20,21). The Morgan fingerprint density at radius 3 is 2.35 bits per heavy atom. The van der Waals surface area contributed by atoms with E-state index >= 15 is 0 Å². The maximum absolute atomic E-state index is 11.8. The predicted molar refractivity (Wildman–Crippen MR) is 91.7 cm³/mol. The number of rotatable bonds is 14. The lowest BCUT2D eigenvalue weighted by Crippen LogP contribution is -2.36. The average molecular weight is 330 g/mol. The van der Waals surface area contributed by atoms with Crippen molar-refractivity contribution in [2.75, 3.05) is 26.2 Å². The molecule has 0 aromatic heterocycles. The van der Waals surface area contributed by atoms with Gasteiger partial charge in [-0.15, -0.1) is 0 Å². The first kappa shape index (κ1) is 21.7. The summed E-state index contributed by atoms with van der Waals surface area (Å²) >= 11 is 0. The fourth-order valence-electron chi connectivity index (χ4n) is 2.39. The van der Waals surface area contributed by atoms with Crippen LogP contribution in [0.3, 0.4) is 0 Å². The second kappa shape index (κ2) is 14.3. The fraction of sp³-hybridized carbons (Fsp3) is 0.882. The molecular formula is C17H34N2O4. The van der Waals surface area contributed by atoms with Crippen molar-refractivity contribution in [2.45, 2.75) is 71.8 Å². The van der Waals surface area contributed by atoms with Gasteiger partial charge in [-0.1, -0.05) is 40.0 Å². The largest absolute Gasteiger partial charge is 0.481 e. The summed E-state index contributed by atoms with van der Waals surface area (Å²) in [7, 11) is 0. The van der Waals surface area contributed by atoms with Crippen LogP contribution in [0.2, 0.25) is 0 Å². The molecule has 0 saturated carbocycles. The Balaban J connectivity index is 4.10. The van der Waals surface area contributed by atoms with Crippen molar-refractivity contribution in [2.24, 2.45) is 0 Å². The van der Waals surface area contributed by atoms with Crippen LogP contribution in [-0.2, 0) is 9.53 Å². The smallest absolute Gasteiger partial charge is 0.407 e. The van der Waals surface area contributed by atoms with Gasteiger partial charge in [0.2, 0.25) is 0 Å². The van der Waals surface area contributed by atoms with Crippen molar-refractivity contribution in [3.8, 4) is 0 Å². The number of alkyl carbamates (subject to hydrolysis) is 1. The molecule has 6 nitrogen and oxygen atoms in total. The van der Waals surface area contributed by atoms with E-state index in [1.165, 1.54) is 0 Å². The van der Waals surface area contributed by atoms with Crippen LogP contribution < -0.4 is 5.32 Å². The minimum absolute atomic E-state index is 0.0329. The first-order valence-corrected chi connectivity index (χ1v) is 8.92. The Morgan fingerprint density at radius 2 is 1.78 bits per heavy atom. The van der Waals surface area contributed by atoms with Crippen LogP contribution in [0.4, 0.5) is 4.79 Å². The van der Waals surface area contributed by atoms with E-state index in [2.05, 4.69) is 31.0 Å². The number of carbonyl (C=O) groups is 2. The number of carboxylic acid groups (broad SMARTS) is 1. The minimum atomic E-state index is -0.853. The molecule has 1 unspecified atom stereocenters. The SMILES string of the molecule is CCCCCCC(CCC(=O)O)OC(=O)NCCN(CC)CC. The van der Waals surface area contributed by atoms with Crippen LogP contribution in [-0.4, -0.2) is 54.4 Å². The summed E-state index contributed by atoms with van der Waals surface area (Å²) in [6.45, 7) is 9.54. The Hall–Kier alpha value is -1.30. The molecule has 0 saturated heterocycles. The topological polar surface area (TPSA) is 78.9 Å². The van der Waals surface area contributed by atoms with Crippen LogP contribution in [0.1, 0.15) is 65.7 Å². The highest BCUT2D eigenvalue weighted by atomic mass is 16.6. The van der Waals surface area contributed by atoms with E-state index in [4.69, 9.17) is 9.84 Å². The molecule has 0 radical (unpaired) electrons. The van der Waals surface area contributed by atoms with Gasteiger partial charge in [0.1, 0.15) is 6.10 Å². The quantitative estimate of drug-likeness (QED) is 0.478. The van der Waals surface area contributed by atoms with Gasteiger partial charge in [0.25, 0.3) is 0 Å². The molecule has 0 spiro atoms. The van der Waals surface area contributed by atoms with Gasteiger partial charge in [0.05, 0.1) is 0 Å². The number of amides is 1. The van der Waals surface area contributed by atoms with Crippen molar-refractivity contribution in [1.29, 1.82) is 0 Å². The zero-order valence-corrected chi connectivity index (χ0v) is 15.0. The van der Waals surface area contributed by atoms with Gasteiger partial charge in [-0.25, -0.2) is 4.79 Å². The highest BCUT2D eigenvalue weighted by molar-refractivity contribution is 5.68. The predicted octanol–water partition coefficient (Wildman–Crippen LogP) is 3.26. The molecule has 136 valence electrons. The number of nitrogens with zero attached hydrogens (tertiary/aromatic N) is 1. The average Bonchev–Trinajstić information content (AvgIpc) is 2.53. The Bertz CT molecular complexity index is 320. The van der Waals surface area contributed by atoms with Gasteiger partial charge in [0.15, 0.2) is 0 Å². The molecule has 23 heavy (non-hydrogen) atoms. The van der Waals surface area contributed by atoms with E-state index in [9.17, 15) is 9.59 Å². The molecule has 0 fully saturated rings. The lowest BCUT2D eigenvalue weighted by Gasteiger charge is -2.20. The lowest BCUT2D eigenvalue weighted by molar-refractivity contribution is -0.137. The molecular weight excluding hydrogens is 296 g/mol. The van der Waals surface area contributed by atoms with Crippen LogP contribution in [0.25, 0.3) is 0 Å². The van der Waals surface area contributed by atoms with Gasteiger partial charge in [-0.2, -0.15) is 0 Å². The molecule has 0 aliphatic rings. The van der Waals surface area contributed by atoms with Gasteiger partial charge in [0, 0.05) is 19.5 Å². The van der Waals surface area contributed by atoms with Gasteiger partial charge >= 0.3 is 12.1 Å². The molecule has 0 bridgehead atoms. The zero-order chi connectivity index (χ0) is 17.5. The van der Waals surface area contributed by atoms with E-state index in [1.807, 2.05) is 0 Å². The molecule has 0 aromatic carbocycles. The summed E-state index contributed by atoms with van der Waals surface area (Å²) in [5, 5.41) is 11.6. The lowest BCUT2D eigenvalue weighted by atomic mass is 10.1. The first-order valence-electron chi connectivity index (χ1n) is 8.92. The summed E-state index contributed by atoms with van der Waals surface area (Å²) in [5.41, 5.74) is 0. The molecule has 0 aromatic rings. The molecule has 2 N–H and O–H groups in total. The summed E-state index contributed by atoms with van der Waals surface area (Å²) in [6, 6.07) is 0. The normalized spacial score (nSPS) is 12.2. The minimum Gasteiger partial charge on any atom is -0.481 e. The number of aliphatic carboxylic acids is 1. The summed E-state index contributed by atoms with van der Waals surface area (Å²) in [5.74, 6) is -0.853. The number of hydrogen-bond acceptors (Lipinski definition) is 4. The molecule has 1 atom stereocenters. The number of likely N-dealkylation sites (N-methyl/N-ethyl adjacent to an activating group) is 1. The fourth-order valence-corrected chi connectivity index (χ4v) is 2.39. The molecule has 0 heterocycles. The van der Waals surface area contributed by atoms with E-state index in [0.717, 1.165) is 51.7 Å². The van der Waals surface area contributed by atoms with Crippen molar-refractivity contribution in [1.82, 2.24) is 10.2 Å². The number of hydrogen-bond donors (Lipinski definition) is 2. The maximum atomic E-state index is 11.8. The van der Waals surface area contributed by atoms with E-state index < -0.39 is 12.1 Å². The number of unbranched alkanes of at least 4 members (excludes halogenated alkanes) is 3. The number of carbonyl (C=O) groups excluding carboxylic acids is 1. The number of carboxylic acids is 1. The molecule has 0 aliphatic heterocycles. The van der Waals surface area contributed by atoms with Crippen molar-refractivity contribution >= 4 is 12.1 Å². The Kier molecular flexibility index (Phi) is 13.5. The summed E-state index contributed by atoms with van der Waals surface area (Å²) in [6.07, 6.45) is 4.75. The third-order valence-electron chi connectivity index (χ3n) is 3.93. The highest BCUT2D eigenvalue weighted by Crippen LogP contribution is 2.13.